The van der Waals surface area contributed by atoms with Crippen LogP contribution in [0.5, 0.6) is 0 Å². The zero-order chi connectivity index (χ0) is 14.6. The SMILES string of the molecule is CC(C)NCC(C)S(=O)(=O)N(C)CC1CCCN1C. The molecule has 0 aromatic heterocycles. The summed E-state index contributed by atoms with van der Waals surface area (Å²) in [6.07, 6.45) is 2.26. The number of sulfonamides is 1. The van der Waals surface area contributed by atoms with Crippen LogP contribution in [-0.2, 0) is 10.0 Å². The van der Waals surface area contributed by atoms with Gasteiger partial charge in [0.25, 0.3) is 0 Å². The molecule has 0 saturated carbocycles. The van der Waals surface area contributed by atoms with Crippen molar-refractivity contribution in [3.8, 4) is 0 Å². The number of likely N-dealkylation sites (N-methyl/N-ethyl adjacent to an activating group) is 2. The van der Waals surface area contributed by atoms with E-state index < -0.39 is 10.0 Å². The molecule has 0 bridgehead atoms. The third kappa shape index (κ3) is 4.70. The van der Waals surface area contributed by atoms with Gasteiger partial charge >= 0.3 is 0 Å². The van der Waals surface area contributed by atoms with Crippen molar-refractivity contribution < 1.29 is 8.42 Å². The molecule has 0 radical (unpaired) electrons. The number of nitrogens with one attached hydrogen (secondary N) is 1. The molecule has 0 aromatic carbocycles. The zero-order valence-corrected chi connectivity index (χ0v) is 13.7. The molecule has 114 valence electrons. The van der Waals surface area contributed by atoms with Crippen LogP contribution in [0.3, 0.4) is 0 Å². The monoisotopic (exact) mass is 291 g/mol. The molecule has 5 nitrogen and oxygen atoms in total. The molecule has 19 heavy (non-hydrogen) atoms. The minimum Gasteiger partial charge on any atom is -0.313 e. The molecule has 6 heteroatoms. The van der Waals surface area contributed by atoms with E-state index in [0.717, 1.165) is 13.0 Å². The number of likely N-dealkylation sites (tertiary alicyclic amines) is 1. The molecule has 2 atom stereocenters. The second-order valence-corrected chi connectivity index (χ2v) is 8.43. The van der Waals surface area contributed by atoms with Gasteiger partial charge in [-0.1, -0.05) is 13.8 Å². The molecule has 1 aliphatic rings. The Hall–Kier alpha value is -0.170. The number of rotatable bonds is 7. The Bertz CT molecular complexity index is 370. The first-order valence-corrected chi connectivity index (χ1v) is 8.64. The van der Waals surface area contributed by atoms with E-state index in [1.807, 2.05) is 13.8 Å². The quantitative estimate of drug-likeness (QED) is 0.751. The summed E-state index contributed by atoms with van der Waals surface area (Å²) < 4.78 is 26.3. The first-order valence-electron chi connectivity index (χ1n) is 7.14. The highest BCUT2D eigenvalue weighted by Crippen LogP contribution is 2.17. The highest BCUT2D eigenvalue weighted by atomic mass is 32.2. The summed E-state index contributed by atoms with van der Waals surface area (Å²) in [7, 11) is 0.572. The second-order valence-electron chi connectivity index (χ2n) is 5.98. The number of nitrogens with zero attached hydrogens (tertiary/aromatic N) is 2. The predicted molar refractivity (Wildman–Crippen MR) is 79.8 cm³/mol. The van der Waals surface area contributed by atoms with Crippen LogP contribution in [0.1, 0.15) is 33.6 Å². The molecule has 1 N–H and O–H groups in total. The van der Waals surface area contributed by atoms with Crippen molar-refractivity contribution in [2.45, 2.75) is 50.9 Å². The van der Waals surface area contributed by atoms with Crippen LogP contribution in [-0.4, -0.2) is 68.7 Å². The Kier molecular flexibility index (Phi) is 6.23. The highest BCUT2D eigenvalue weighted by Gasteiger charge is 2.30. The van der Waals surface area contributed by atoms with Gasteiger partial charge in [0.15, 0.2) is 0 Å². The van der Waals surface area contributed by atoms with Crippen LogP contribution in [0.4, 0.5) is 0 Å². The Labute approximate surface area is 118 Å². The summed E-state index contributed by atoms with van der Waals surface area (Å²) in [6.45, 7) is 8.01. The molecule has 0 aromatic rings. The fourth-order valence-corrected chi connectivity index (χ4v) is 3.73. The summed E-state index contributed by atoms with van der Waals surface area (Å²) in [6, 6.07) is 0.675. The average Bonchev–Trinajstić information content (AvgIpc) is 2.71. The normalized spacial score (nSPS) is 23.4. The Morgan fingerprint density at radius 2 is 2.00 bits per heavy atom. The van der Waals surface area contributed by atoms with Crippen molar-refractivity contribution in [3.63, 3.8) is 0 Å². The predicted octanol–water partition coefficient (Wildman–Crippen LogP) is 0.729. The first-order chi connectivity index (χ1) is 8.75. The topological polar surface area (TPSA) is 52.7 Å². The highest BCUT2D eigenvalue weighted by molar-refractivity contribution is 7.89. The van der Waals surface area contributed by atoms with Gasteiger partial charge in [0.1, 0.15) is 0 Å². The van der Waals surface area contributed by atoms with E-state index in [4.69, 9.17) is 0 Å². The molecular weight excluding hydrogens is 262 g/mol. The van der Waals surface area contributed by atoms with E-state index in [-0.39, 0.29) is 5.25 Å². The summed E-state index contributed by atoms with van der Waals surface area (Å²) >= 11 is 0. The van der Waals surface area contributed by atoms with E-state index in [1.165, 1.54) is 10.7 Å². The van der Waals surface area contributed by atoms with Crippen LogP contribution in [0.25, 0.3) is 0 Å². The van der Waals surface area contributed by atoms with Crippen LogP contribution in [0.15, 0.2) is 0 Å². The van der Waals surface area contributed by atoms with Gasteiger partial charge in [0.2, 0.25) is 10.0 Å². The van der Waals surface area contributed by atoms with Gasteiger partial charge in [-0.25, -0.2) is 12.7 Å². The summed E-state index contributed by atoms with van der Waals surface area (Å²) in [5, 5.41) is 2.81. The zero-order valence-electron chi connectivity index (χ0n) is 12.9. The fourth-order valence-electron chi connectivity index (χ4n) is 2.42. The lowest BCUT2D eigenvalue weighted by atomic mass is 10.2. The minimum atomic E-state index is -3.20. The Balaban J connectivity index is 2.55. The molecule has 1 saturated heterocycles. The van der Waals surface area contributed by atoms with E-state index in [9.17, 15) is 8.42 Å². The molecule has 1 heterocycles. The van der Waals surface area contributed by atoms with Crippen molar-refractivity contribution in [1.29, 1.82) is 0 Å². The van der Waals surface area contributed by atoms with Gasteiger partial charge < -0.3 is 10.2 Å². The molecule has 2 unspecified atom stereocenters. The van der Waals surface area contributed by atoms with Gasteiger partial charge in [-0.3, -0.25) is 0 Å². The van der Waals surface area contributed by atoms with E-state index in [0.29, 0.717) is 25.2 Å². The van der Waals surface area contributed by atoms with Gasteiger partial charge in [0, 0.05) is 32.2 Å². The summed E-state index contributed by atoms with van der Waals surface area (Å²) in [5.41, 5.74) is 0. The average molecular weight is 291 g/mol. The van der Waals surface area contributed by atoms with Crippen molar-refractivity contribution in [1.82, 2.24) is 14.5 Å². The fraction of sp³-hybridized carbons (Fsp3) is 1.00. The maximum atomic E-state index is 12.4. The minimum absolute atomic E-state index is 0.309. The van der Waals surface area contributed by atoms with Gasteiger partial charge in [-0.2, -0.15) is 0 Å². The van der Waals surface area contributed by atoms with Crippen molar-refractivity contribution in [2.75, 3.05) is 33.7 Å². The maximum Gasteiger partial charge on any atom is 0.217 e. The largest absolute Gasteiger partial charge is 0.313 e. The molecule has 1 fully saturated rings. The molecule has 1 rings (SSSR count). The van der Waals surface area contributed by atoms with Gasteiger partial charge in [-0.15, -0.1) is 0 Å². The molecule has 0 aliphatic carbocycles. The summed E-state index contributed by atoms with van der Waals surface area (Å²) in [5.74, 6) is 0. The molecular formula is C13H29N3O2S. The van der Waals surface area contributed by atoms with Crippen LogP contribution in [0.2, 0.25) is 0 Å². The van der Waals surface area contributed by atoms with Crippen molar-refractivity contribution in [2.24, 2.45) is 0 Å². The lowest BCUT2D eigenvalue weighted by molar-refractivity contribution is 0.270. The Morgan fingerprint density at radius 1 is 1.37 bits per heavy atom. The van der Waals surface area contributed by atoms with Crippen LogP contribution < -0.4 is 5.32 Å². The van der Waals surface area contributed by atoms with Gasteiger partial charge in [0.05, 0.1) is 5.25 Å². The molecule has 0 spiro atoms. The van der Waals surface area contributed by atoms with Crippen molar-refractivity contribution in [3.05, 3.63) is 0 Å². The lowest BCUT2D eigenvalue weighted by Gasteiger charge is -2.28. The smallest absolute Gasteiger partial charge is 0.217 e. The molecule has 0 amide bonds. The first kappa shape index (κ1) is 16.9. The maximum absolute atomic E-state index is 12.4. The van der Waals surface area contributed by atoms with Crippen LogP contribution in [0, 0.1) is 0 Å². The van der Waals surface area contributed by atoms with Gasteiger partial charge in [-0.05, 0) is 33.4 Å². The standard InChI is InChI=1S/C13H29N3O2S/c1-11(2)14-9-12(3)19(17,18)16(5)10-13-7-6-8-15(13)4/h11-14H,6-10H2,1-5H3. The van der Waals surface area contributed by atoms with Crippen molar-refractivity contribution >= 4 is 10.0 Å². The molecule has 1 aliphatic heterocycles. The van der Waals surface area contributed by atoms with E-state index in [1.54, 1.807) is 14.0 Å². The Morgan fingerprint density at radius 3 is 2.47 bits per heavy atom. The van der Waals surface area contributed by atoms with Crippen LogP contribution >= 0.6 is 0 Å². The third-order valence-corrected chi connectivity index (χ3v) is 6.10. The number of hydrogen-bond donors (Lipinski definition) is 1. The lowest BCUT2D eigenvalue weighted by Crippen LogP contribution is -2.45. The summed E-state index contributed by atoms with van der Waals surface area (Å²) in [4.78, 5) is 2.25. The van der Waals surface area contributed by atoms with E-state index >= 15 is 0 Å². The second kappa shape index (κ2) is 7.02. The third-order valence-electron chi connectivity index (χ3n) is 3.90. The van der Waals surface area contributed by atoms with E-state index in [2.05, 4.69) is 17.3 Å². The number of hydrogen-bond acceptors (Lipinski definition) is 4.